The maximum Gasteiger partial charge on any atom is 0.251 e. The molecule has 1 amide bonds. The van der Waals surface area contributed by atoms with Crippen LogP contribution in [0.1, 0.15) is 41.8 Å². The molecule has 4 nitrogen and oxygen atoms in total. The second-order valence-electron chi connectivity index (χ2n) is 5.89. The SMILES string of the molecule is CC(C)CC(CO)NC(=O)c1ccc2c(c1)CNCC2. The van der Waals surface area contributed by atoms with E-state index in [1.54, 1.807) is 0 Å². The highest BCUT2D eigenvalue weighted by atomic mass is 16.3. The minimum absolute atomic E-state index is 0.0174. The predicted molar refractivity (Wildman–Crippen MR) is 79.6 cm³/mol. The minimum atomic E-state index is -0.170. The van der Waals surface area contributed by atoms with Gasteiger partial charge in [0.25, 0.3) is 5.91 Å². The van der Waals surface area contributed by atoms with Crippen molar-refractivity contribution < 1.29 is 9.90 Å². The summed E-state index contributed by atoms with van der Waals surface area (Å²) >= 11 is 0. The van der Waals surface area contributed by atoms with Crippen molar-refractivity contribution in [2.24, 2.45) is 5.92 Å². The molecule has 0 saturated heterocycles. The van der Waals surface area contributed by atoms with Gasteiger partial charge in [0.05, 0.1) is 12.6 Å². The Morgan fingerprint density at radius 2 is 2.20 bits per heavy atom. The Bertz CT molecular complexity index is 472. The number of nitrogens with one attached hydrogen (secondary N) is 2. The molecule has 4 heteroatoms. The Morgan fingerprint density at radius 1 is 1.40 bits per heavy atom. The molecule has 110 valence electrons. The van der Waals surface area contributed by atoms with Crippen molar-refractivity contribution in [3.05, 3.63) is 34.9 Å². The zero-order valence-electron chi connectivity index (χ0n) is 12.3. The third-order valence-electron chi connectivity index (χ3n) is 3.67. The van der Waals surface area contributed by atoms with Gasteiger partial charge in [-0.3, -0.25) is 4.79 Å². The second-order valence-corrected chi connectivity index (χ2v) is 5.89. The highest BCUT2D eigenvalue weighted by molar-refractivity contribution is 5.94. The number of hydrogen-bond acceptors (Lipinski definition) is 3. The lowest BCUT2D eigenvalue weighted by Gasteiger charge is -2.20. The molecule has 1 atom stereocenters. The fourth-order valence-corrected chi connectivity index (χ4v) is 2.64. The van der Waals surface area contributed by atoms with Gasteiger partial charge in [0.1, 0.15) is 0 Å². The number of hydrogen-bond donors (Lipinski definition) is 3. The van der Waals surface area contributed by atoms with Crippen molar-refractivity contribution in [3.8, 4) is 0 Å². The summed E-state index contributed by atoms with van der Waals surface area (Å²) in [5, 5.41) is 15.6. The third kappa shape index (κ3) is 3.81. The lowest BCUT2D eigenvalue weighted by Crippen LogP contribution is -2.38. The summed E-state index contributed by atoms with van der Waals surface area (Å²) in [6, 6.07) is 5.71. The van der Waals surface area contributed by atoms with Crippen LogP contribution in [0.15, 0.2) is 18.2 Å². The van der Waals surface area contributed by atoms with Crippen LogP contribution in [-0.2, 0) is 13.0 Å². The second kappa shape index (κ2) is 6.86. The Balaban J connectivity index is 2.05. The van der Waals surface area contributed by atoms with Gasteiger partial charge in [-0.15, -0.1) is 0 Å². The van der Waals surface area contributed by atoms with E-state index in [-0.39, 0.29) is 18.6 Å². The molecule has 1 aromatic rings. The van der Waals surface area contributed by atoms with Crippen LogP contribution in [0.3, 0.4) is 0 Å². The zero-order valence-corrected chi connectivity index (χ0v) is 12.3. The summed E-state index contributed by atoms with van der Waals surface area (Å²) in [5.74, 6) is 0.346. The highest BCUT2D eigenvalue weighted by Crippen LogP contribution is 2.16. The summed E-state index contributed by atoms with van der Waals surface area (Å²) in [7, 11) is 0. The first kappa shape index (κ1) is 15.0. The van der Waals surface area contributed by atoms with E-state index in [2.05, 4.69) is 24.5 Å². The lowest BCUT2D eigenvalue weighted by atomic mass is 9.98. The average molecular weight is 276 g/mol. The molecule has 0 spiro atoms. The summed E-state index contributed by atoms with van der Waals surface area (Å²) < 4.78 is 0. The molecule has 0 saturated carbocycles. The summed E-state index contributed by atoms with van der Waals surface area (Å²) in [6.45, 7) is 5.97. The highest BCUT2D eigenvalue weighted by Gasteiger charge is 2.16. The largest absolute Gasteiger partial charge is 0.394 e. The number of carbonyl (C=O) groups excluding carboxylic acids is 1. The van der Waals surface area contributed by atoms with E-state index < -0.39 is 0 Å². The number of carbonyl (C=O) groups is 1. The number of fused-ring (bicyclic) bond motifs is 1. The van der Waals surface area contributed by atoms with E-state index in [9.17, 15) is 9.90 Å². The topological polar surface area (TPSA) is 61.4 Å². The molecule has 0 bridgehead atoms. The molecule has 3 N–H and O–H groups in total. The van der Waals surface area contributed by atoms with Crippen LogP contribution < -0.4 is 10.6 Å². The normalized spacial score (nSPS) is 15.8. The number of benzene rings is 1. The quantitative estimate of drug-likeness (QED) is 0.763. The van der Waals surface area contributed by atoms with Gasteiger partial charge in [-0.05, 0) is 48.6 Å². The molecule has 1 aliphatic rings. The van der Waals surface area contributed by atoms with E-state index in [1.165, 1.54) is 11.1 Å². The molecular formula is C16H24N2O2. The zero-order chi connectivity index (χ0) is 14.5. The van der Waals surface area contributed by atoms with Crippen molar-refractivity contribution >= 4 is 5.91 Å². The van der Waals surface area contributed by atoms with Crippen LogP contribution >= 0.6 is 0 Å². The van der Waals surface area contributed by atoms with Crippen molar-refractivity contribution in [1.82, 2.24) is 10.6 Å². The molecule has 0 fully saturated rings. The van der Waals surface area contributed by atoms with Crippen LogP contribution in [0.4, 0.5) is 0 Å². The van der Waals surface area contributed by atoms with Gasteiger partial charge in [-0.25, -0.2) is 0 Å². The molecule has 2 rings (SSSR count). The Morgan fingerprint density at radius 3 is 2.90 bits per heavy atom. The Labute approximate surface area is 120 Å². The monoisotopic (exact) mass is 276 g/mol. The van der Waals surface area contributed by atoms with Crippen LogP contribution in [0.2, 0.25) is 0 Å². The van der Waals surface area contributed by atoms with Gasteiger partial charge in [0.2, 0.25) is 0 Å². The number of rotatable bonds is 5. The van der Waals surface area contributed by atoms with Gasteiger partial charge in [0, 0.05) is 12.1 Å². The maximum absolute atomic E-state index is 12.2. The molecule has 1 unspecified atom stereocenters. The van der Waals surface area contributed by atoms with Crippen LogP contribution in [0, 0.1) is 5.92 Å². The summed E-state index contributed by atoms with van der Waals surface area (Å²) in [6.07, 6.45) is 1.80. The van der Waals surface area contributed by atoms with Gasteiger partial charge < -0.3 is 15.7 Å². The first-order valence-corrected chi connectivity index (χ1v) is 7.34. The van der Waals surface area contributed by atoms with Crippen LogP contribution in [0.5, 0.6) is 0 Å². The first-order chi connectivity index (χ1) is 9.60. The van der Waals surface area contributed by atoms with Crippen molar-refractivity contribution in [1.29, 1.82) is 0 Å². The standard InChI is InChI=1S/C16H24N2O2/c1-11(2)7-15(10-19)18-16(20)13-4-3-12-5-6-17-9-14(12)8-13/h3-4,8,11,15,17,19H,5-7,9-10H2,1-2H3,(H,18,20). The number of aliphatic hydroxyl groups excluding tert-OH is 1. The van der Waals surface area contributed by atoms with E-state index >= 15 is 0 Å². The fourth-order valence-electron chi connectivity index (χ4n) is 2.64. The van der Waals surface area contributed by atoms with Crippen molar-refractivity contribution in [2.75, 3.05) is 13.2 Å². The van der Waals surface area contributed by atoms with Crippen molar-refractivity contribution in [2.45, 2.75) is 39.3 Å². The van der Waals surface area contributed by atoms with Gasteiger partial charge >= 0.3 is 0 Å². The maximum atomic E-state index is 12.2. The average Bonchev–Trinajstić information content (AvgIpc) is 2.45. The summed E-state index contributed by atoms with van der Waals surface area (Å²) in [4.78, 5) is 12.2. The van der Waals surface area contributed by atoms with Crippen LogP contribution in [0.25, 0.3) is 0 Å². The third-order valence-corrected chi connectivity index (χ3v) is 3.67. The number of amides is 1. The molecule has 1 heterocycles. The number of aliphatic hydroxyl groups is 1. The Hall–Kier alpha value is -1.39. The lowest BCUT2D eigenvalue weighted by molar-refractivity contribution is 0.0908. The molecule has 1 aliphatic heterocycles. The van der Waals surface area contributed by atoms with Crippen LogP contribution in [-0.4, -0.2) is 30.2 Å². The molecule has 0 radical (unpaired) electrons. The Kier molecular flexibility index (Phi) is 5.15. The van der Waals surface area contributed by atoms with Gasteiger partial charge in [-0.1, -0.05) is 19.9 Å². The minimum Gasteiger partial charge on any atom is -0.394 e. The van der Waals surface area contributed by atoms with E-state index in [4.69, 9.17) is 0 Å². The molecule has 0 aliphatic carbocycles. The fraction of sp³-hybridized carbons (Fsp3) is 0.562. The van der Waals surface area contributed by atoms with Crippen molar-refractivity contribution in [3.63, 3.8) is 0 Å². The molecule has 20 heavy (non-hydrogen) atoms. The van der Waals surface area contributed by atoms with E-state index in [0.29, 0.717) is 11.5 Å². The van der Waals surface area contributed by atoms with E-state index in [0.717, 1.165) is 25.9 Å². The summed E-state index contributed by atoms with van der Waals surface area (Å²) in [5.41, 5.74) is 3.20. The first-order valence-electron chi connectivity index (χ1n) is 7.34. The van der Waals surface area contributed by atoms with E-state index in [1.807, 2.05) is 18.2 Å². The predicted octanol–water partition coefficient (Wildman–Crippen LogP) is 1.47. The smallest absolute Gasteiger partial charge is 0.251 e. The molecule has 0 aromatic heterocycles. The van der Waals surface area contributed by atoms with Gasteiger partial charge in [0.15, 0.2) is 0 Å². The molecular weight excluding hydrogens is 252 g/mol. The molecule has 1 aromatic carbocycles. The van der Waals surface area contributed by atoms with Gasteiger partial charge in [-0.2, -0.15) is 0 Å².